The van der Waals surface area contributed by atoms with Crippen molar-refractivity contribution in [1.82, 2.24) is 14.6 Å². The molecule has 1 fully saturated rings. The van der Waals surface area contributed by atoms with Crippen LogP contribution in [0.2, 0.25) is 0 Å². The van der Waals surface area contributed by atoms with Crippen LogP contribution in [0.4, 0.5) is 4.79 Å². The van der Waals surface area contributed by atoms with E-state index in [-0.39, 0.29) is 25.4 Å². The minimum absolute atomic E-state index is 0.0194. The van der Waals surface area contributed by atoms with Gasteiger partial charge in [-0.3, -0.25) is 9.59 Å². The van der Waals surface area contributed by atoms with Crippen LogP contribution in [0.15, 0.2) is 73.3 Å². The van der Waals surface area contributed by atoms with Crippen molar-refractivity contribution in [1.29, 1.82) is 0 Å². The van der Waals surface area contributed by atoms with Gasteiger partial charge in [0.15, 0.2) is 6.10 Å². The Hall–Kier alpha value is -3.01. The van der Waals surface area contributed by atoms with Crippen molar-refractivity contribution in [3.63, 3.8) is 0 Å². The smallest absolute Gasteiger partial charge is 0.407 e. The van der Waals surface area contributed by atoms with Gasteiger partial charge in [0.05, 0.1) is 18.5 Å². The SMILES string of the molecule is C=CCOC(=O)N[C@@H](Cc1ccccc1)[C@H](O)C(=O)N1CSC(C)(C)C1C(=O)N(Cl)Cc1ccccc1. The van der Waals surface area contributed by atoms with Gasteiger partial charge in [-0.15, -0.1) is 11.8 Å². The van der Waals surface area contributed by atoms with Gasteiger partial charge in [0.1, 0.15) is 12.6 Å². The van der Waals surface area contributed by atoms with E-state index in [1.165, 1.54) is 22.7 Å². The number of aliphatic hydroxyl groups excluding tert-OH is 1. The molecule has 0 radical (unpaired) electrons. The number of nitrogens with one attached hydrogen (secondary N) is 1. The van der Waals surface area contributed by atoms with E-state index in [2.05, 4.69) is 11.9 Å². The van der Waals surface area contributed by atoms with Crippen molar-refractivity contribution in [3.8, 4) is 0 Å². The maximum Gasteiger partial charge on any atom is 0.407 e. The molecule has 0 saturated carbocycles. The molecule has 37 heavy (non-hydrogen) atoms. The van der Waals surface area contributed by atoms with Crippen LogP contribution in [0.25, 0.3) is 0 Å². The van der Waals surface area contributed by atoms with Gasteiger partial charge in [-0.2, -0.15) is 0 Å². The normalized spacial score (nSPS) is 17.9. The molecule has 3 amide bonds. The van der Waals surface area contributed by atoms with Crippen molar-refractivity contribution in [3.05, 3.63) is 84.4 Å². The van der Waals surface area contributed by atoms with Crippen LogP contribution in [0.1, 0.15) is 25.0 Å². The first-order valence-electron chi connectivity index (χ1n) is 11.9. The Kier molecular flexibility index (Phi) is 10.0. The number of carbonyl (C=O) groups is 3. The van der Waals surface area contributed by atoms with Crippen LogP contribution in [-0.2, 0) is 27.3 Å². The first-order chi connectivity index (χ1) is 17.6. The summed E-state index contributed by atoms with van der Waals surface area (Å²) in [5.41, 5.74) is 1.65. The van der Waals surface area contributed by atoms with Crippen molar-refractivity contribution >= 4 is 41.4 Å². The molecule has 1 heterocycles. The van der Waals surface area contributed by atoms with Gasteiger partial charge in [-0.1, -0.05) is 73.3 Å². The number of amides is 3. The Morgan fingerprint density at radius 1 is 1.19 bits per heavy atom. The second-order valence-corrected chi connectivity index (χ2v) is 11.2. The van der Waals surface area contributed by atoms with E-state index in [1.54, 1.807) is 0 Å². The zero-order valence-electron chi connectivity index (χ0n) is 20.9. The van der Waals surface area contributed by atoms with E-state index in [0.717, 1.165) is 15.5 Å². The topological polar surface area (TPSA) is 99.2 Å². The summed E-state index contributed by atoms with van der Waals surface area (Å²) >= 11 is 7.82. The first kappa shape index (κ1) is 28.6. The van der Waals surface area contributed by atoms with E-state index in [1.807, 2.05) is 74.5 Å². The second-order valence-electron chi connectivity index (χ2n) is 9.20. The lowest BCUT2D eigenvalue weighted by atomic mass is 9.97. The van der Waals surface area contributed by atoms with Gasteiger partial charge in [-0.25, -0.2) is 9.21 Å². The molecule has 2 aromatic carbocycles. The third kappa shape index (κ3) is 7.50. The lowest BCUT2D eigenvalue weighted by molar-refractivity contribution is -0.149. The molecule has 0 aliphatic carbocycles. The molecule has 10 heteroatoms. The number of rotatable bonds is 10. The molecule has 3 rings (SSSR count). The van der Waals surface area contributed by atoms with Crippen LogP contribution in [-0.4, -0.2) is 67.8 Å². The van der Waals surface area contributed by atoms with Crippen LogP contribution < -0.4 is 5.32 Å². The van der Waals surface area contributed by atoms with Gasteiger partial charge in [-0.05, 0) is 31.4 Å². The summed E-state index contributed by atoms with van der Waals surface area (Å²) in [7, 11) is 0. The molecular formula is C27H32ClN3O5S. The maximum absolute atomic E-state index is 13.6. The number of hydrogen-bond donors (Lipinski definition) is 2. The van der Waals surface area contributed by atoms with Crippen LogP contribution >= 0.6 is 23.5 Å². The van der Waals surface area contributed by atoms with Crippen LogP contribution in [0.5, 0.6) is 0 Å². The molecule has 1 aliphatic rings. The van der Waals surface area contributed by atoms with E-state index >= 15 is 0 Å². The van der Waals surface area contributed by atoms with Crippen LogP contribution in [0, 0.1) is 0 Å². The number of carbonyl (C=O) groups excluding carboxylic acids is 3. The average molecular weight is 546 g/mol. The summed E-state index contributed by atoms with van der Waals surface area (Å²) in [6.07, 6.45) is -0.818. The maximum atomic E-state index is 13.6. The number of alkyl carbamates (subject to hydrolysis) is 1. The van der Waals surface area contributed by atoms with Gasteiger partial charge in [0.25, 0.3) is 11.8 Å². The Balaban J connectivity index is 1.80. The summed E-state index contributed by atoms with van der Waals surface area (Å²) in [5, 5.41) is 13.8. The molecule has 0 bridgehead atoms. The third-order valence-electron chi connectivity index (χ3n) is 6.03. The van der Waals surface area contributed by atoms with Gasteiger partial charge < -0.3 is 20.1 Å². The molecule has 198 valence electrons. The summed E-state index contributed by atoms with van der Waals surface area (Å²) in [6, 6.07) is 16.5. The second kappa shape index (κ2) is 13.0. The van der Waals surface area contributed by atoms with Crippen molar-refractivity contribution < 1.29 is 24.2 Å². The Labute approximate surface area is 226 Å². The molecule has 2 aromatic rings. The highest BCUT2D eigenvalue weighted by Gasteiger charge is 2.51. The highest BCUT2D eigenvalue weighted by atomic mass is 35.5. The van der Waals surface area contributed by atoms with Crippen LogP contribution in [0.3, 0.4) is 0 Å². The number of benzene rings is 2. The molecule has 1 aliphatic heterocycles. The molecule has 3 atom stereocenters. The van der Waals surface area contributed by atoms with Gasteiger partial charge in [0, 0.05) is 16.5 Å². The number of ether oxygens (including phenoxy) is 1. The fourth-order valence-corrected chi connectivity index (χ4v) is 5.48. The molecular weight excluding hydrogens is 514 g/mol. The molecule has 0 aromatic heterocycles. The highest BCUT2D eigenvalue weighted by Crippen LogP contribution is 2.41. The molecule has 2 N–H and O–H groups in total. The van der Waals surface area contributed by atoms with E-state index in [4.69, 9.17) is 16.5 Å². The molecule has 1 saturated heterocycles. The lowest BCUT2D eigenvalue weighted by Gasteiger charge is -2.34. The number of aliphatic hydroxyl groups is 1. The summed E-state index contributed by atoms with van der Waals surface area (Å²) in [4.78, 5) is 40.7. The van der Waals surface area contributed by atoms with Crippen molar-refractivity contribution in [2.75, 3.05) is 12.5 Å². The zero-order chi connectivity index (χ0) is 27.0. The standard InChI is InChI=1S/C27H32ClN3O5S/c1-4-15-36-26(35)29-21(16-19-11-7-5-8-12-19)22(32)24(33)30-18-37-27(2,3)23(30)25(34)31(28)17-20-13-9-6-10-14-20/h4-14,21-23,32H,1,15-18H2,2-3H3,(H,29,35)/t21-,22-,23?/m0/s1. The summed E-state index contributed by atoms with van der Waals surface area (Å²) < 4.78 is 5.43. The summed E-state index contributed by atoms with van der Waals surface area (Å²) in [5.74, 6) is -0.931. The third-order valence-corrected chi connectivity index (χ3v) is 7.69. The molecule has 1 unspecified atom stereocenters. The monoisotopic (exact) mass is 545 g/mol. The van der Waals surface area contributed by atoms with Gasteiger partial charge >= 0.3 is 6.09 Å². The van der Waals surface area contributed by atoms with Gasteiger partial charge in [0.2, 0.25) is 0 Å². The predicted molar refractivity (Wildman–Crippen MR) is 145 cm³/mol. The fourth-order valence-electron chi connectivity index (χ4n) is 4.12. The molecule has 0 spiro atoms. The summed E-state index contributed by atoms with van der Waals surface area (Å²) in [6.45, 7) is 7.37. The molecule has 8 nitrogen and oxygen atoms in total. The Morgan fingerprint density at radius 2 is 1.78 bits per heavy atom. The van der Waals surface area contributed by atoms with E-state index in [9.17, 15) is 19.5 Å². The Bertz CT molecular complexity index is 1090. The first-order valence-corrected chi connectivity index (χ1v) is 13.2. The minimum Gasteiger partial charge on any atom is -0.445 e. The highest BCUT2D eigenvalue weighted by molar-refractivity contribution is 8.00. The minimum atomic E-state index is -1.63. The zero-order valence-corrected chi connectivity index (χ0v) is 22.5. The quantitative estimate of drug-likeness (QED) is 0.349. The van der Waals surface area contributed by atoms with E-state index in [0.29, 0.717) is 0 Å². The predicted octanol–water partition coefficient (Wildman–Crippen LogP) is 3.73. The fraction of sp³-hybridized carbons (Fsp3) is 0.370. The average Bonchev–Trinajstić information content (AvgIpc) is 3.21. The van der Waals surface area contributed by atoms with Crippen molar-refractivity contribution in [2.24, 2.45) is 0 Å². The number of hydrogen-bond acceptors (Lipinski definition) is 6. The van der Waals surface area contributed by atoms with Crippen molar-refractivity contribution in [2.45, 2.75) is 49.7 Å². The largest absolute Gasteiger partial charge is 0.445 e. The van der Waals surface area contributed by atoms with E-state index < -0.39 is 40.8 Å². The number of halogens is 1. The lowest BCUT2D eigenvalue weighted by Crippen LogP contribution is -2.58. The number of nitrogens with zero attached hydrogens (tertiary/aromatic N) is 2. The Morgan fingerprint density at radius 3 is 2.38 bits per heavy atom. The number of thioether (sulfide) groups is 1.